The Morgan fingerprint density at radius 3 is 1.86 bits per heavy atom. The number of allylic oxidation sites excluding steroid dienone is 1. The van der Waals surface area contributed by atoms with E-state index in [-0.39, 0.29) is 12.2 Å². The maximum atomic E-state index is 12.0. The molecule has 0 fully saturated rings. The fraction of sp³-hybridized carbons (Fsp3) is 0.826. The van der Waals surface area contributed by atoms with Crippen molar-refractivity contribution >= 4 is 11.9 Å². The highest BCUT2D eigenvalue weighted by atomic mass is 16.5. The molecule has 1 N–H and O–H groups in total. The van der Waals surface area contributed by atoms with Gasteiger partial charge in [-0.2, -0.15) is 0 Å². The molecule has 170 valence electrons. The third-order valence-electron chi connectivity index (χ3n) is 4.75. The highest BCUT2D eigenvalue weighted by molar-refractivity contribution is 5.82. The van der Waals surface area contributed by atoms with E-state index in [2.05, 4.69) is 6.92 Å². The molecule has 1 atom stereocenters. The maximum Gasteiger partial charge on any atom is 0.334 e. The van der Waals surface area contributed by atoms with E-state index in [9.17, 15) is 19.8 Å². The van der Waals surface area contributed by atoms with E-state index in [1.54, 1.807) is 0 Å². The summed E-state index contributed by atoms with van der Waals surface area (Å²) in [5.74, 6) is -1.97. The number of nitrogens with zero attached hydrogens (tertiary/aromatic N) is 1. The number of rotatable bonds is 18. The third-order valence-corrected chi connectivity index (χ3v) is 4.75. The number of carboxylic acids is 1. The number of esters is 1. The Labute approximate surface area is 177 Å². The van der Waals surface area contributed by atoms with Gasteiger partial charge in [-0.05, 0) is 6.42 Å². The minimum absolute atomic E-state index is 0.0108. The third kappa shape index (κ3) is 19.5. The van der Waals surface area contributed by atoms with Crippen molar-refractivity contribution in [2.45, 2.75) is 96.5 Å². The first-order valence-electron chi connectivity index (χ1n) is 11.2. The fourth-order valence-electron chi connectivity index (χ4n) is 3.32. The molecule has 0 aliphatic carbocycles. The molecule has 0 saturated heterocycles. The Morgan fingerprint density at radius 1 is 0.931 bits per heavy atom. The fourth-order valence-corrected chi connectivity index (χ4v) is 3.32. The van der Waals surface area contributed by atoms with Gasteiger partial charge in [0.15, 0.2) is 6.10 Å². The number of unbranched alkanes of at least 4 members (excludes halogenated alkanes) is 10. The largest absolute Gasteiger partial charge is 0.550 e. The van der Waals surface area contributed by atoms with Crippen LogP contribution in [0.1, 0.15) is 90.4 Å². The van der Waals surface area contributed by atoms with Crippen LogP contribution in [0.15, 0.2) is 11.8 Å². The monoisotopic (exact) mass is 413 g/mol. The number of carboxylic acid groups (broad SMARTS) is 1. The molecule has 0 heterocycles. The van der Waals surface area contributed by atoms with E-state index in [1.807, 2.05) is 21.1 Å². The van der Waals surface area contributed by atoms with Gasteiger partial charge < -0.3 is 24.2 Å². The van der Waals surface area contributed by atoms with E-state index in [0.29, 0.717) is 17.4 Å². The van der Waals surface area contributed by atoms with E-state index in [4.69, 9.17) is 4.74 Å². The molecule has 0 rings (SSSR count). The Balaban J connectivity index is 3.97. The van der Waals surface area contributed by atoms with E-state index in [1.165, 1.54) is 51.4 Å². The molecule has 0 aromatic carbocycles. The van der Waals surface area contributed by atoms with Gasteiger partial charge in [-0.15, -0.1) is 0 Å². The van der Waals surface area contributed by atoms with Gasteiger partial charge in [0, 0.05) is 18.8 Å². The molecule has 0 radical (unpaired) electrons. The first-order valence-corrected chi connectivity index (χ1v) is 11.2. The summed E-state index contributed by atoms with van der Waals surface area (Å²) in [5.41, 5.74) is 0. The van der Waals surface area contributed by atoms with Crippen LogP contribution < -0.4 is 5.11 Å². The molecule has 0 aromatic rings. The van der Waals surface area contributed by atoms with Crippen molar-refractivity contribution in [3.8, 4) is 0 Å². The molecule has 0 amide bonds. The molecular weight excluding hydrogens is 370 g/mol. The van der Waals surface area contributed by atoms with Gasteiger partial charge in [-0.3, -0.25) is 0 Å². The van der Waals surface area contributed by atoms with Crippen LogP contribution in [0.4, 0.5) is 0 Å². The molecule has 0 saturated carbocycles. The summed E-state index contributed by atoms with van der Waals surface area (Å²) in [6.45, 7) is 2.59. The minimum atomic E-state index is -1.26. The van der Waals surface area contributed by atoms with Crippen LogP contribution in [0.5, 0.6) is 0 Å². The predicted molar refractivity (Wildman–Crippen MR) is 114 cm³/mol. The molecule has 1 unspecified atom stereocenters. The van der Waals surface area contributed by atoms with Gasteiger partial charge >= 0.3 is 5.97 Å². The van der Waals surface area contributed by atoms with Crippen molar-refractivity contribution < 1.29 is 29.0 Å². The maximum absolute atomic E-state index is 12.0. The van der Waals surface area contributed by atoms with Crippen LogP contribution in [0, 0.1) is 0 Å². The SMILES string of the molecule is CCCCCCCCCCCCCC(O)=CC(=O)OC(CC(=O)[O-])C[N+](C)(C)C. The zero-order valence-corrected chi connectivity index (χ0v) is 19.1. The molecule has 6 heteroatoms. The number of likely N-dealkylation sites (N-methyl/N-ethyl adjacent to an activating group) is 1. The van der Waals surface area contributed by atoms with Crippen LogP contribution in [-0.4, -0.2) is 55.3 Å². The number of aliphatic carboxylic acids is 1. The minimum Gasteiger partial charge on any atom is -0.550 e. The molecule has 0 aliphatic rings. The lowest BCUT2D eigenvalue weighted by Gasteiger charge is -2.29. The number of quaternary nitrogens is 1. The van der Waals surface area contributed by atoms with Gasteiger partial charge in [-0.25, -0.2) is 4.79 Å². The Morgan fingerprint density at radius 2 is 1.41 bits per heavy atom. The molecular formula is C23H43NO5. The van der Waals surface area contributed by atoms with Gasteiger partial charge in [0.25, 0.3) is 0 Å². The topological polar surface area (TPSA) is 86.7 Å². The Bertz CT molecular complexity index is 482. The quantitative estimate of drug-likeness (QED) is 0.121. The van der Waals surface area contributed by atoms with Crippen LogP contribution in [0.25, 0.3) is 0 Å². The predicted octanol–water partition coefficient (Wildman–Crippen LogP) is 3.89. The number of aliphatic hydroxyl groups is 1. The highest BCUT2D eigenvalue weighted by Gasteiger charge is 2.22. The second kappa shape index (κ2) is 16.3. The van der Waals surface area contributed by atoms with Gasteiger partial charge in [0.05, 0.1) is 33.0 Å². The Hall–Kier alpha value is -1.56. The second-order valence-electron chi connectivity index (χ2n) is 9.03. The molecule has 29 heavy (non-hydrogen) atoms. The smallest absolute Gasteiger partial charge is 0.334 e. The number of ether oxygens (including phenoxy) is 1. The summed E-state index contributed by atoms with van der Waals surface area (Å²) in [6, 6.07) is 0. The summed E-state index contributed by atoms with van der Waals surface area (Å²) in [7, 11) is 5.65. The van der Waals surface area contributed by atoms with Crippen molar-refractivity contribution in [3.63, 3.8) is 0 Å². The second-order valence-corrected chi connectivity index (χ2v) is 9.03. The van der Waals surface area contributed by atoms with E-state index in [0.717, 1.165) is 25.3 Å². The number of carbonyl (C=O) groups excluding carboxylic acids is 2. The van der Waals surface area contributed by atoms with Crippen LogP contribution in [0.3, 0.4) is 0 Å². The van der Waals surface area contributed by atoms with Crippen molar-refractivity contribution in [1.82, 2.24) is 0 Å². The summed E-state index contributed by atoms with van der Waals surface area (Å²) in [4.78, 5) is 22.8. The lowest BCUT2D eigenvalue weighted by molar-refractivity contribution is -0.873. The molecule has 0 spiro atoms. The summed E-state index contributed by atoms with van der Waals surface area (Å²) < 4.78 is 5.66. The van der Waals surface area contributed by atoms with E-state index < -0.39 is 18.0 Å². The van der Waals surface area contributed by atoms with Crippen molar-refractivity contribution in [3.05, 3.63) is 11.8 Å². The average molecular weight is 414 g/mol. The van der Waals surface area contributed by atoms with Gasteiger partial charge in [0.1, 0.15) is 6.54 Å². The zero-order chi connectivity index (χ0) is 22.1. The number of hydrogen-bond donors (Lipinski definition) is 1. The van der Waals surface area contributed by atoms with Crippen LogP contribution >= 0.6 is 0 Å². The molecule has 6 nitrogen and oxygen atoms in total. The van der Waals surface area contributed by atoms with Crippen LogP contribution in [0.2, 0.25) is 0 Å². The standard InChI is InChI=1S/C23H43NO5/c1-5-6-7-8-9-10-11-12-13-14-15-16-20(25)17-23(28)29-21(18-22(26)27)19-24(2,3)4/h17,21H,5-16,18-19H2,1-4H3,(H-,25,26,27,28). The highest BCUT2D eigenvalue weighted by Crippen LogP contribution is 2.13. The first-order chi connectivity index (χ1) is 13.6. The van der Waals surface area contributed by atoms with Crippen molar-refractivity contribution in [2.24, 2.45) is 0 Å². The summed E-state index contributed by atoms with van der Waals surface area (Å²) in [6.07, 6.45) is 13.8. The lowest BCUT2D eigenvalue weighted by atomic mass is 10.0. The molecule has 0 aliphatic heterocycles. The lowest BCUT2D eigenvalue weighted by Crippen LogP contribution is -2.45. The zero-order valence-electron chi connectivity index (χ0n) is 19.1. The molecule has 0 bridgehead atoms. The van der Waals surface area contributed by atoms with E-state index >= 15 is 0 Å². The Kier molecular flexibility index (Phi) is 15.4. The normalized spacial score (nSPS) is 13.3. The van der Waals surface area contributed by atoms with Crippen molar-refractivity contribution in [1.29, 1.82) is 0 Å². The molecule has 0 aromatic heterocycles. The number of aliphatic hydroxyl groups excluding tert-OH is 1. The average Bonchev–Trinajstić information content (AvgIpc) is 2.57. The summed E-state index contributed by atoms with van der Waals surface area (Å²) >= 11 is 0. The first kappa shape index (κ1) is 27.4. The van der Waals surface area contributed by atoms with Gasteiger partial charge in [-0.1, -0.05) is 71.1 Å². The number of hydrogen-bond acceptors (Lipinski definition) is 5. The van der Waals surface area contributed by atoms with Crippen molar-refractivity contribution in [2.75, 3.05) is 27.7 Å². The van der Waals surface area contributed by atoms with Crippen LogP contribution in [-0.2, 0) is 14.3 Å². The summed E-state index contributed by atoms with van der Waals surface area (Å²) in [5, 5.41) is 20.8. The number of carbonyl (C=O) groups is 2. The van der Waals surface area contributed by atoms with Gasteiger partial charge in [0.2, 0.25) is 0 Å².